The van der Waals surface area contributed by atoms with Crippen LogP contribution in [0.4, 0.5) is 0 Å². The molecule has 5 heteroatoms. The van der Waals surface area contributed by atoms with Crippen LogP contribution in [-0.4, -0.2) is 43.6 Å². The summed E-state index contributed by atoms with van der Waals surface area (Å²) in [6, 6.07) is 1.06. The molecule has 0 atom stereocenters. The van der Waals surface area contributed by atoms with Crippen LogP contribution in [0.2, 0.25) is 37.3 Å². The third kappa shape index (κ3) is 8.24. The molecule has 0 unspecified atom stereocenters. The van der Waals surface area contributed by atoms with E-state index < -0.39 is 16.6 Å². The van der Waals surface area contributed by atoms with Gasteiger partial charge in [0.15, 0.2) is 16.6 Å². The van der Waals surface area contributed by atoms with Gasteiger partial charge in [-0.3, -0.25) is 0 Å². The first-order chi connectivity index (χ1) is 8.52. The first-order valence-electron chi connectivity index (χ1n) is 7.29. The Kier molecular flexibility index (Phi) is 8.06. The van der Waals surface area contributed by atoms with Gasteiger partial charge in [0.2, 0.25) is 0 Å². The van der Waals surface area contributed by atoms with E-state index in [2.05, 4.69) is 47.0 Å². The summed E-state index contributed by atoms with van der Waals surface area (Å²) in [7, 11) is -1.22. The lowest BCUT2D eigenvalue weighted by atomic mass is 10.2. The van der Waals surface area contributed by atoms with Gasteiger partial charge in [0, 0.05) is 26.9 Å². The van der Waals surface area contributed by atoms with E-state index in [0.29, 0.717) is 5.04 Å². The second-order valence-corrected chi connectivity index (χ2v) is 16.5. The molecule has 0 aliphatic carbocycles. The van der Waals surface area contributed by atoms with E-state index in [1.165, 1.54) is 0 Å². The minimum Gasteiger partial charge on any atom is -0.420 e. The molecule has 0 aliphatic rings. The molecule has 0 amide bonds. The van der Waals surface area contributed by atoms with Crippen molar-refractivity contribution in [3.63, 3.8) is 0 Å². The Hall–Kier alpha value is 0.314. The molecule has 0 aromatic carbocycles. The minimum atomic E-state index is -1.58. The summed E-state index contributed by atoms with van der Waals surface area (Å²) >= 11 is 0. The molecule has 0 fully saturated rings. The second kappa shape index (κ2) is 7.93. The Morgan fingerprint density at radius 3 is 1.95 bits per heavy atom. The third-order valence-electron chi connectivity index (χ3n) is 4.10. The molecule has 0 heterocycles. The molecule has 0 aliphatic heterocycles. The van der Waals surface area contributed by atoms with E-state index in [9.17, 15) is 0 Å². The SMILES string of the molecule is CO[Si](C)(C)CCOCCCO[Si](C)(C)C(C)(C)C. The van der Waals surface area contributed by atoms with Gasteiger partial charge in [0.05, 0.1) is 0 Å². The number of rotatable bonds is 9. The fraction of sp³-hybridized carbons (Fsp3) is 1.00. The molecule has 19 heavy (non-hydrogen) atoms. The first kappa shape index (κ1) is 19.3. The molecular weight excluding hydrogens is 272 g/mol. The van der Waals surface area contributed by atoms with Crippen LogP contribution in [0.25, 0.3) is 0 Å². The average Bonchev–Trinajstić information content (AvgIpc) is 2.26. The lowest BCUT2D eigenvalue weighted by Gasteiger charge is -2.36. The van der Waals surface area contributed by atoms with Crippen molar-refractivity contribution >= 4 is 16.6 Å². The Morgan fingerprint density at radius 1 is 0.895 bits per heavy atom. The van der Waals surface area contributed by atoms with Crippen molar-refractivity contribution in [1.29, 1.82) is 0 Å². The van der Waals surface area contributed by atoms with Crippen LogP contribution in [0.3, 0.4) is 0 Å². The third-order valence-corrected chi connectivity index (χ3v) is 11.2. The van der Waals surface area contributed by atoms with Crippen LogP contribution in [0.15, 0.2) is 0 Å². The van der Waals surface area contributed by atoms with Gasteiger partial charge in [0.25, 0.3) is 0 Å². The van der Waals surface area contributed by atoms with Crippen LogP contribution >= 0.6 is 0 Å². The highest BCUT2D eigenvalue weighted by Crippen LogP contribution is 2.36. The van der Waals surface area contributed by atoms with Crippen molar-refractivity contribution < 1.29 is 13.6 Å². The van der Waals surface area contributed by atoms with Gasteiger partial charge in [-0.2, -0.15) is 0 Å². The Labute approximate surface area is 122 Å². The fourth-order valence-electron chi connectivity index (χ4n) is 1.23. The predicted molar refractivity (Wildman–Crippen MR) is 87.9 cm³/mol. The van der Waals surface area contributed by atoms with Crippen molar-refractivity contribution in [2.24, 2.45) is 0 Å². The monoisotopic (exact) mass is 306 g/mol. The summed E-state index contributed by atoms with van der Waals surface area (Å²) < 4.78 is 17.3. The minimum absolute atomic E-state index is 0.294. The average molecular weight is 307 g/mol. The Bertz CT molecular complexity index is 248. The summed E-state index contributed by atoms with van der Waals surface area (Å²) in [6.07, 6.45) is 0.988. The van der Waals surface area contributed by atoms with E-state index in [-0.39, 0.29) is 0 Å². The predicted octanol–water partition coefficient (Wildman–Crippen LogP) is 4.27. The topological polar surface area (TPSA) is 27.7 Å². The Balaban J connectivity index is 3.62. The molecular formula is C14H34O3Si2. The maximum Gasteiger partial charge on any atom is 0.191 e. The quantitative estimate of drug-likeness (QED) is 0.470. The zero-order chi connectivity index (χ0) is 15.2. The maximum absolute atomic E-state index is 6.11. The van der Waals surface area contributed by atoms with Gasteiger partial charge < -0.3 is 13.6 Å². The second-order valence-electron chi connectivity index (χ2n) is 7.29. The van der Waals surface area contributed by atoms with Gasteiger partial charge in [-0.1, -0.05) is 20.8 Å². The van der Waals surface area contributed by atoms with Crippen LogP contribution in [0.1, 0.15) is 27.2 Å². The molecule has 0 rings (SSSR count). The summed E-state index contributed by atoms with van der Waals surface area (Å²) in [5.41, 5.74) is 0. The summed E-state index contributed by atoms with van der Waals surface area (Å²) in [5, 5.41) is 0.294. The zero-order valence-electron chi connectivity index (χ0n) is 14.3. The Morgan fingerprint density at radius 2 is 1.47 bits per heavy atom. The van der Waals surface area contributed by atoms with E-state index in [1.54, 1.807) is 7.11 Å². The van der Waals surface area contributed by atoms with Crippen molar-refractivity contribution in [1.82, 2.24) is 0 Å². The van der Waals surface area contributed by atoms with Crippen molar-refractivity contribution in [2.75, 3.05) is 26.9 Å². The van der Waals surface area contributed by atoms with E-state index in [1.807, 2.05) is 0 Å². The van der Waals surface area contributed by atoms with Crippen molar-refractivity contribution in [2.45, 2.75) is 64.5 Å². The molecule has 0 aromatic rings. The highest BCUT2D eigenvalue weighted by molar-refractivity contribution is 6.74. The van der Waals surface area contributed by atoms with Crippen LogP contribution in [0.5, 0.6) is 0 Å². The molecule has 0 saturated carbocycles. The maximum atomic E-state index is 6.11. The largest absolute Gasteiger partial charge is 0.420 e. The molecule has 0 bridgehead atoms. The van der Waals surface area contributed by atoms with Gasteiger partial charge in [0.1, 0.15) is 0 Å². The molecule has 0 radical (unpaired) electrons. The zero-order valence-corrected chi connectivity index (χ0v) is 16.3. The molecule has 3 nitrogen and oxygen atoms in total. The van der Waals surface area contributed by atoms with Crippen LogP contribution in [-0.2, 0) is 13.6 Å². The summed E-state index contributed by atoms with van der Waals surface area (Å²) in [4.78, 5) is 0. The molecule has 0 N–H and O–H groups in total. The molecule has 0 spiro atoms. The molecule has 0 saturated heterocycles. The van der Waals surface area contributed by atoms with Gasteiger partial charge in [-0.15, -0.1) is 0 Å². The van der Waals surface area contributed by atoms with Crippen LogP contribution in [0, 0.1) is 0 Å². The van der Waals surface area contributed by atoms with E-state index in [0.717, 1.165) is 32.3 Å². The van der Waals surface area contributed by atoms with Crippen molar-refractivity contribution in [3.05, 3.63) is 0 Å². The van der Waals surface area contributed by atoms with Crippen molar-refractivity contribution in [3.8, 4) is 0 Å². The van der Waals surface area contributed by atoms with E-state index >= 15 is 0 Å². The normalized spacial score (nSPS) is 13.9. The smallest absolute Gasteiger partial charge is 0.191 e. The lowest BCUT2D eigenvalue weighted by Crippen LogP contribution is -2.41. The van der Waals surface area contributed by atoms with Gasteiger partial charge >= 0.3 is 0 Å². The molecule has 0 aromatic heterocycles. The van der Waals surface area contributed by atoms with Crippen LogP contribution < -0.4 is 0 Å². The summed E-state index contributed by atoms with van der Waals surface area (Å²) in [5.74, 6) is 0. The number of ether oxygens (including phenoxy) is 1. The summed E-state index contributed by atoms with van der Waals surface area (Å²) in [6.45, 7) is 18.3. The fourth-order valence-corrected chi connectivity index (χ4v) is 3.15. The number of hydrogen-bond donors (Lipinski definition) is 0. The first-order valence-corrected chi connectivity index (χ1v) is 13.3. The van der Waals surface area contributed by atoms with Gasteiger partial charge in [-0.05, 0) is 43.7 Å². The molecule has 116 valence electrons. The number of hydrogen-bond acceptors (Lipinski definition) is 3. The van der Waals surface area contributed by atoms with E-state index in [4.69, 9.17) is 13.6 Å². The van der Waals surface area contributed by atoms with Gasteiger partial charge in [-0.25, -0.2) is 0 Å². The highest BCUT2D eigenvalue weighted by Gasteiger charge is 2.36. The standard InChI is InChI=1S/C14H34O3Si2/c1-14(2,3)19(7,8)17-11-9-10-16-12-13-18(5,6)15-4/h9-13H2,1-8H3. The highest BCUT2D eigenvalue weighted by atomic mass is 28.4. The lowest BCUT2D eigenvalue weighted by molar-refractivity contribution is 0.125.